The fraction of sp³-hybridized carbons (Fsp3) is 0.333. The van der Waals surface area contributed by atoms with Gasteiger partial charge in [-0.1, -0.05) is 42.5 Å². The number of nitrogens with zero attached hydrogens (tertiary/aromatic N) is 2. The van der Waals surface area contributed by atoms with Crippen molar-refractivity contribution in [1.29, 1.82) is 0 Å². The highest BCUT2D eigenvalue weighted by Crippen LogP contribution is 2.26. The molecule has 2 heterocycles. The number of fused-ring (bicyclic) bond motifs is 1. The lowest BCUT2D eigenvalue weighted by Gasteiger charge is -2.34. The molecule has 0 spiro atoms. The first-order chi connectivity index (χ1) is 12.7. The van der Waals surface area contributed by atoms with Crippen molar-refractivity contribution in [2.24, 2.45) is 0 Å². The molecule has 4 rings (SSSR count). The second-order valence-corrected chi connectivity index (χ2v) is 6.78. The quantitative estimate of drug-likeness (QED) is 0.776. The highest BCUT2D eigenvalue weighted by atomic mass is 16.5. The maximum absolute atomic E-state index is 12.9. The van der Waals surface area contributed by atoms with Crippen molar-refractivity contribution >= 4 is 11.8 Å². The van der Waals surface area contributed by atoms with E-state index in [1.807, 2.05) is 42.5 Å². The molecule has 134 valence electrons. The first kappa shape index (κ1) is 16.9. The predicted molar refractivity (Wildman–Crippen MR) is 98.1 cm³/mol. The van der Waals surface area contributed by atoms with E-state index >= 15 is 0 Å². The van der Waals surface area contributed by atoms with E-state index in [4.69, 9.17) is 4.74 Å². The summed E-state index contributed by atoms with van der Waals surface area (Å²) in [6.45, 7) is 3.72. The zero-order chi connectivity index (χ0) is 17.9. The van der Waals surface area contributed by atoms with Gasteiger partial charge < -0.3 is 4.74 Å². The molecule has 0 unspecified atom stereocenters. The minimum absolute atomic E-state index is 0.181. The van der Waals surface area contributed by atoms with Gasteiger partial charge in [0.2, 0.25) is 0 Å². The lowest BCUT2D eigenvalue weighted by atomic mass is 10.0. The smallest absolute Gasteiger partial charge is 0.261 e. The van der Waals surface area contributed by atoms with Crippen molar-refractivity contribution in [3.05, 3.63) is 71.3 Å². The molecule has 26 heavy (non-hydrogen) atoms. The standard InChI is InChI=1S/C21H22N2O3/c24-20-18-8-4-5-9-19(18)21(25)23(20)17(14-16-6-2-1-3-7-16)15-22-10-12-26-13-11-22/h1-9,17H,10-15H2/t17-/m1/s1. The van der Waals surface area contributed by atoms with Crippen LogP contribution in [0.4, 0.5) is 0 Å². The summed E-state index contributed by atoms with van der Waals surface area (Å²) in [6, 6.07) is 16.9. The summed E-state index contributed by atoms with van der Waals surface area (Å²) in [6.07, 6.45) is 0.656. The molecular weight excluding hydrogens is 328 g/mol. The molecule has 5 heteroatoms. The van der Waals surface area contributed by atoms with E-state index in [-0.39, 0.29) is 17.9 Å². The van der Waals surface area contributed by atoms with Gasteiger partial charge in [-0.2, -0.15) is 0 Å². The maximum Gasteiger partial charge on any atom is 0.261 e. The lowest BCUT2D eigenvalue weighted by molar-refractivity contribution is 0.0225. The molecule has 0 saturated carbocycles. The Bertz CT molecular complexity index is 765. The molecule has 5 nitrogen and oxygen atoms in total. The number of ether oxygens (including phenoxy) is 1. The Kier molecular flexibility index (Phi) is 4.82. The SMILES string of the molecule is O=C1c2ccccc2C(=O)N1[C@H](Cc1ccccc1)CN1CCOCC1. The summed E-state index contributed by atoms with van der Waals surface area (Å²) in [4.78, 5) is 29.6. The van der Waals surface area contributed by atoms with Crippen LogP contribution < -0.4 is 0 Å². The number of hydrogen-bond donors (Lipinski definition) is 0. The largest absolute Gasteiger partial charge is 0.379 e. The van der Waals surface area contributed by atoms with E-state index in [1.54, 1.807) is 12.1 Å². The third-order valence-electron chi connectivity index (χ3n) is 5.08. The zero-order valence-corrected chi connectivity index (χ0v) is 14.6. The van der Waals surface area contributed by atoms with Crippen LogP contribution in [0.5, 0.6) is 0 Å². The highest BCUT2D eigenvalue weighted by molar-refractivity contribution is 6.21. The summed E-state index contributed by atoms with van der Waals surface area (Å²) in [5, 5.41) is 0. The van der Waals surface area contributed by atoms with Crippen LogP contribution in [0, 0.1) is 0 Å². The molecule has 2 aromatic carbocycles. The Hall–Kier alpha value is -2.50. The highest BCUT2D eigenvalue weighted by Gasteiger charge is 2.40. The van der Waals surface area contributed by atoms with Crippen molar-refractivity contribution in [3.8, 4) is 0 Å². The number of carbonyl (C=O) groups excluding carboxylic acids is 2. The van der Waals surface area contributed by atoms with Crippen LogP contribution in [0.2, 0.25) is 0 Å². The molecule has 0 bridgehead atoms. The lowest BCUT2D eigenvalue weighted by Crippen LogP contribution is -2.50. The van der Waals surface area contributed by atoms with E-state index in [9.17, 15) is 9.59 Å². The topological polar surface area (TPSA) is 49.9 Å². The van der Waals surface area contributed by atoms with Crippen LogP contribution in [-0.2, 0) is 11.2 Å². The zero-order valence-electron chi connectivity index (χ0n) is 14.6. The molecule has 1 fully saturated rings. The van der Waals surface area contributed by atoms with Gasteiger partial charge in [0.25, 0.3) is 11.8 Å². The van der Waals surface area contributed by atoms with Gasteiger partial charge in [-0.3, -0.25) is 19.4 Å². The van der Waals surface area contributed by atoms with Gasteiger partial charge in [0.05, 0.1) is 30.4 Å². The van der Waals surface area contributed by atoms with E-state index in [0.717, 1.165) is 18.7 Å². The van der Waals surface area contributed by atoms with E-state index in [1.165, 1.54) is 4.90 Å². The number of amides is 2. The second-order valence-electron chi connectivity index (χ2n) is 6.78. The molecule has 2 amide bonds. The van der Waals surface area contributed by atoms with E-state index in [2.05, 4.69) is 4.90 Å². The number of hydrogen-bond acceptors (Lipinski definition) is 4. The fourth-order valence-corrected chi connectivity index (χ4v) is 3.74. The van der Waals surface area contributed by atoms with Crippen molar-refractivity contribution in [3.63, 3.8) is 0 Å². The molecule has 1 atom stereocenters. The van der Waals surface area contributed by atoms with Crippen LogP contribution in [0.3, 0.4) is 0 Å². The molecule has 2 aliphatic rings. The predicted octanol–water partition coefficient (Wildman–Crippen LogP) is 2.23. The number of imide groups is 1. The summed E-state index contributed by atoms with van der Waals surface area (Å²) < 4.78 is 5.43. The molecular formula is C21H22N2O3. The molecule has 0 N–H and O–H groups in total. The summed E-state index contributed by atoms with van der Waals surface area (Å²) >= 11 is 0. The van der Waals surface area contributed by atoms with Gasteiger partial charge in [-0.15, -0.1) is 0 Å². The van der Waals surface area contributed by atoms with E-state index < -0.39 is 0 Å². The Labute approximate surface area is 153 Å². The van der Waals surface area contributed by atoms with Gasteiger partial charge in [0, 0.05) is 19.6 Å². The molecule has 0 aliphatic carbocycles. The summed E-state index contributed by atoms with van der Waals surface area (Å²) in [5.41, 5.74) is 2.15. The van der Waals surface area contributed by atoms with Crippen LogP contribution in [0.25, 0.3) is 0 Å². The fourth-order valence-electron chi connectivity index (χ4n) is 3.74. The first-order valence-corrected chi connectivity index (χ1v) is 9.05. The second kappa shape index (κ2) is 7.40. The summed E-state index contributed by atoms with van der Waals surface area (Å²) in [5.74, 6) is -0.361. The van der Waals surface area contributed by atoms with Crippen LogP contribution in [0.1, 0.15) is 26.3 Å². The van der Waals surface area contributed by atoms with Crippen molar-refractivity contribution < 1.29 is 14.3 Å². The van der Waals surface area contributed by atoms with E-state index in [0.29, 0.717) is 37.3 Å². The Balaban J connectivity index is 1.62. The normalized spacial score (nSPS) is 18.8. The van der Waals surface area contributed by atoms with Gasteiger partial charge in [0.15, 0.2) is 0 Å². The molecule has 0 aromatic heterocycles. The van der Waals surface area contributed by atoms with Crippen molar-refractivity contribution in [2.45, 2.75) is 12.5 Å². The number of morpholine rings is 1. The van der Waals surface area contributed by atoms with Crippen molar-refractivity contribution in [1.82, 2.24) is 9.80 Å². The van der Waals surface area contributed by atoms with Gasteiger partial charge >= 0.3 is 0 Å². The summed E-state index contributed by atoms with van der Waals surface area (Å²) in [7, 11) is 0. The molecule has 1 saturated heterocycles. The minimum Gasteiger partial charge on any atom is -0.379 e. The maximum atomic E-state index is 12.9. The Morgan fingerprint density at radius 2 is 1.42 bits per heavy atom. The monoisotopic (exact) mass is 350 g/mol. The molecule has 0 radical (unpaired) electrons. The number of rotatable bonds is 5. The number of carbonyl (C=O) groups is 2. The average Bonchev–Trinajstić information content (AvgIpc) is 2.94. The van der Waals surface area contributed by atoms with Gasteiger partial charge in [-0.05, 0) is 24.1 Å². The third kappa shape index (κ3) is 3.28. The van der Waals surface area contributed by atoms with Crippen LogP contribution in [0.15, 0.2) is 54.6 Å². The van der Waals surface area contributed by atoms with Crippen LogP contribution in [-0.4, -0.2) is 60.5 Å². The Morgan fingerprint density at radius 1 is 0.846 bits per heavy atom. The first-order valence-electron chi connectivity index (χ1n) is 9.05. The van der Waals surface area contributed by atoms with Crippen molar-refractivity contribution in [2.75, 3.05) is 32.8 Å². The minimum atomic E-state index is -0.192. The van der Waals surface area contributed by atoms with Crippen LogP contribution >= 0.6 is 0 Å². The van der Waals surface area contributed by atoms with Gasteiger partial charge in [0.1, 0.15) is 0 Å². The molecule has 2 aliphatic heterocycles. The third-order valence-corrected chi connectivity index (χ3v) is 5.08. The molecule has 2 aromatic rings. The number of benzene rings is 2. The average molecular weight is 350 g/mol. The van der Waals surface area contributed by atoms with Gasteiger partial charge in [-0.25, -0.2) is 0 Å². The Morgan fingerprint density at radius 3 is 2.04 bits per heavy atom.